The van der Waals surface area contributed by atoms with E-state index in [0.29, 0.717) is 12.8 Å². The zero-order chi connectivity index (χ0) is 18.4. The van der Waals surface area contributed by atoms with Gasteiger partial charge in [-0.15, -0.1) is 0 Å². The van der Waals surface area contributed by atoms with E-state index in [-0.39, 0.29) is 17.7 Å². The maximum absolute atomic E-state index is 12.5. The van der Waals surface area contributed by atoms with Crippen LogP contribution in [0.3, 0.4) is 0 Å². The molecule has 1 heterocycles. The van der Waals surface area contributed by atoms with Gasteiger partial charge in [-0.25, -0.2) is 0 Å². The van der Waals surface area contributed by atoms with Crippen molar-refractivity contribution in [1.29, 1.82) is 0 Å². The van der Waals surface area contributed by atoms with E-state index in [2.05, 4.69) is 10.3 Å². The molecule has 0 aliphatic carbocycles. The minimum absolute atomic E-state index is 0.0135. The molecule has 1 amide bonds. The minimum atomic E-state index is -0.203. The lowest BCUT2D eigenvalue weighted by Crippen LogP contribution is -2.29. The van der Waals surface area contributed by atoms with Gasteiger partial charge in [-0.05, 0) is 54.3 Å². The second-order valence-electron chi connectivity index (χ2n) is 6.36. The Kier molecular flexibility index (Phi) is 5.64. The molecule has 26 heavy (non-hydrogen) atoms. The molecule has 4 nitrogen and oxygen atoms in total. The van der Waals surface area contributed by atoms with E-state index in [0.717, 1.165) is 16.7 Å². The summed E-state index contributed by atoms with van der Waals surface area (Å²) in [4.78, 5) is 16.6. The summed E-state index contributed by atoms with van der Waals surface area (Å²) in [5.41, 5.74) is 4.25. The van der Waals surface area contributed by atoms with Gasteiger partial charge in [-0.2, -0.15) is 0 Å². The van der Waals surface area contributed by atoms with Crippen LogP contribution in [0.5, 0.6) is 5.75 Å². The molecule has 2 N–H and O–H groups in total. The normalized spacial score (nSPS) is 11.7. The zero-order valence-corrected chi connectivity index (χ0v) is 14.7. The molecule has 2 aromatic carbocycles. The first-order valence-electron chi connectivity index (χ1n) is 8.65. The third-order valence-electron chi connectivity index (χ3n) is 4.33. The highest BCUT2D eigenvalue weighted by Crippen LogP contribution is 2.22. The van der Waals surface area contributed by atoms with E-state index in [4.69, 9.17) is 0 Å². The Balaban J connectivity index is 1.71. The summed E-state index contributed by atoms with van der Waals surface area (Å²) in [5, 5.41) is 12.5. The lowest BCUT2D eigenvalue weighted by atomic mass is 9.98. The number of benzene rings is 2. The minimum Gasteiger partial charge on any atom is -0.508 e. The van der Waals surface area contributed by atoms with Crippen LogP contribution in [0, 0.1) is 6.92 Å². The van der Waals surface area contributed by atoms with Crippen molar-refractivity contribution in [2.24, 2.45) is 0 Å². The average Bonchev–Trinajstić information content (AvgIpc) is 2.67. The number of aromatic nitrogens is 1. The molecule has 3 rings (SSSR count). The number of carbonyl (C=O) groups is 1. The molecule has 132 valence electrons. The first-order chi connectivity index (χ1) is 12.6. The summed E-state index contributed by atoms with van der Waals surface area (Å²) in [5.74, 6) is 0.218. The predicted octanol–water partition coefficient (Wildman–Crippen LogP) is 3.93. The number of nitrogens with zero attached hydrogens (tertiary/aromatic N) is 1. The van der Waals surface area contributed by atoms with Crippen molar-refractivity contribution in [3.8, 4) is 5.75 Å². The molecule has 0 bridgehead atoms. The van der Waals surface area contributed by atoms with Gasteiger partial charge in [0.2, 0.25) is 5.91 Å². The molecule has 4 heteroatoms. The number of hydrogen-bond donors (Lipinski definition) is 2. The number of pyridine rings is 1. The number of rotatable bonds is 6. The molecule has 0 radical (unpaired) electrons. The maximum atomic E-state index is 12.5. The van der Waals surface area contributed by atoms with Crippen molar-refractivity contribution in [1.82, 2.24) is 10.3 Å². The summed E-state index contributed by atoms with van der Waals surface area (Å²) in [6.45, 7) is 2.04. The van der Waals surface area contributed by atoms with E-state index in [9.17, 15) is 9.90 Å². The Morgan fingerprint density at radius 1 is 0.962 bits per heavy atom. The summed E-state index contributed by atoms with van der Waals surface area (Å²) >= 11 is 0. The Hall–Kier alpha value is -3.14. The van der Waals surface area contributed by atoms with Gasteiger partial charge in [0.15, 0.2) is 0 Å². The average molecular weight is 346 g/mol. The second kappa shape index (κ2) is 8.30. The number of phenolic OH excluding ortho intramolecular Hbond substituents is 1. The molecule has 0 fully saturated rings. The summed E-state index contributed by atoms with van der Waals surface area (Å²) < 4.78 is 0. The highest BCUT2D eigenvalue weighted by atomic mass is 16.3. The number of aromatic hydroxyl groups is 1. The predicted molar refractivity (Wildman–Crippen MR) is 102 cm³/mol. The number of nitrogens with one attached hydrogen (secondary N) is 1. The van der Waals surface area contributed by atoms with Crippen LogP contribution in [0.15, 0.2) is 73.1 Å². The van der Waals surface area contributed by atoms with Crippen LogP contribution in [0.1, 0.15) is 34.7 Å². The van der Waals surface area contributed by atoms with Crippen LogP contribution >= 0.6 is 0 Å². The summed E-state index contributed by atoms with van der Waals surface area (Å²) in [6.07, 6.45) is 4.49. The number of aryl methyl sites for hydroxylation is 2. The van der Waals surface area contributed by atoms with Gasteiger partial charge in [0, 0.05) is 18.8 Å². The van der Waals surface area contributed by atoms with Gasteiger partial charge in [0.05, 0.1) is 6.04 Å². The van der Waals surface area contributed by atoms with Crippen LogP contribution in [0.25, 0.3) is 0 Å². The molecule has 0 spiro atoms. The Labute approximate surface area is 153 Å². The number of amides is 1. The van der Waals surface area contributed by atoms with Gasteiger partial charge in [-0.1, -0.05) is 42.0 Å². The van der Waals surface area contributed by atoms with Gasteiger partial charge < -0.3 is 10.4 Å². The molecule has 1 atom stereocenters. The Bertz CT molecular complexity index is 844. The fourth-order valence-corrected chi connectivity index (χ4v) is 2.83. The summed E-state index contributed by atoms with van der Waals surface area (Å²) in [7, 11) is 0. The van der Waals surface area contributed by atoms with Crippen molar-refractivity contribution in [2.75, 3.05) is 0 Å². The van der Waals surface area contributed by atoms with Gasteiger partial charge in [0.1, 0.15) is 5.75 Å². The smallest absolute Gasteiger partial charge is 0.221 e. The molecule has 1 unspecified atom stereocenters. The van der Waals surface area contributed by atoms with Gasteiger partial charge in [-0.3, -0.25) is 9.78 Å². The number of phenols is 1. The van der Waals surface area contributed by atoms with E-state index in [1.165, 1.54) is 5.56 Å². The molecule has 0 aliphatic heterocycles. The highest BCUT2D eigenvalue weighted by molar-refractivity contribution is 5.77. The fourth-order valence-electron chi connectivity index (χ4n) is 2.83. The third-order valence-corrected chi connectivity index (χ3v) is 4.33. The fraction of sp³-hybridized carbons (Fsp3) is 0.182. The van der Waals surface area contributed by atoms with E-state index < -0.39 is 0 Å². The van der Waals surface area contributed by atoms with Gasteiger partial charge >= 0.3 is 0 Å². The van der Waals surface area contributed by atoms with Crippen molar-refractivity contribution < 1.29 is 9.90 Å². The van der Waals surface area contributed by atoms with Crippen LogP contribution < -0.4 is 5.32 Å². The molecule has 1 aromatic heterocycles. The van der Waals surface area contributed by atoms with Crippen molar-refractivity contribution in [3.05, 3.63) is 95.3 Å². The lowest BCUT2D eigenvalue weighted by Gasteiger charge is -2.20. The zero-order valence-electron chi connectivity index (χ0n) is 14.7. The van der Waals surface area contributed by atoms with Crippen LogP contribution in [-0.2, 0) is 11.2 Å². The van der Waals surface area contributed by atoms with Crippen molar-refractivity contribution >= 4 is 5.91 Å². The molecular formula is C22H22N2O2. The first-order valence-corrected chi connectivity index (χ1v) is 8.65. The van der Waals surface area contributed by atoms with E-state index >= 15 is 0 Å². The largest absolute Gasteiger partial charge is 0.508 e. The monoisotopic (exact) mass is 346 g/mol. The maximum Gasteiger partial charge on any atom is 0.221 e. The van der Waals surface area contributed by atoms with E-state index in [1.807, 2.05) is 55.5 Å². The van der Waals surface area contributed by atoms with E-state index in [1.54, 1.807) is 24.5 Å². The van der Waals surface area contributed by atoms with Gasteiger partial charge in [0.25, 0.3) is 0 Å². The molecule has 0 saturated heterocycles. The van der Waals surface area contributed by atoms with Crippen molar-refractivity contribution in [2.45, 2.75) is 25.8 Å². The standard InChI is InChI=1S/C22H22N2O2/c1-16-2-7-18(8-3-16)22(19-12-14-23-15-13-19)24-21(26)11-6-17-4-9-20(25)10-5-17/h2-5,7-10,12-15,22,25H,6,11H2,1H3,(H,24,26). The molecule has 3 aromatic rings. The topological polar surface area (TPSA) is 62.2 Å². The molecule has 0 aliphatic rings. The third kappa shape index (κ3) is 4.70. The first kappa shape index (κ1) is 17.7. The van der Waals surface area contributed by atoms with Crippen LogP contribution in [0.4, 0.5) is 0 Å². The summed E-state index contributed by atoms with van der Waals surface area (Å²) in [6, 6.07) is 18.8. The Morgan fingerprint density at radius 3 is 2.23 bits per heavy atom. The SMILES string of the molecule is Cc1ccc(C(NC(=O)CCc2ccc(O)cc2)c2ccncc2)cc1. The number of hydrogen-bond acceptors (Lipinski definition) is 3. The number of carbonyl (C=O) groups excluding carboxylic acids is 1. The quantitative estimate of drug-likeness (QED) is 0.711. The lowest BCUT2D eigenvalue weighted by molar-refractivity contribution is -0.121. The van der Waals surface area contributed by atoms with Crippen LogP contribution in [0.2, 0.25) is 0 Å². The van der Waals surface area contributed by atoms with Crippen molar-refractivity contribution in [3.63, 3.8) is 0 Å². The highest BCUT2D eigenvalue weighted by Gasteiger charge is 2.16. The Morgan fingerprint density at radius 2 is 1.58 bits per heavy atom. The molecule has 0 saturated carbocycles. The van der Waals surface area contributed by atoms with Crippen LogP contribution in [-0.4, -0.2) is 16.0 Å². The second-order valence-corrected chi connectivity index (χ2v) is 6.36. The molecular weight excluding hydrogens is 324 g/mol.